The molecule has 1 atom stereocenters. The molecular weight excluding hydrogens is 492 g/mol. The monoisotopic (exact) mass is 530 g/mol. The number of hydrogen-bond acceptors (Lipinski definition) is 5. The van der Waals surface area contributed by atoms with Crippen LogP contribution in [0.5, 0.6) is 0 Å². The number of hydrogen-bond donors (Lipinski definition) is 2. The number of carboxylic acids is 1. The number of anilines is 1. The van der Waals surface area contributed by atoms with E-state index in [9.17, 15) is 14.7 Å². The van der Waals surface area contributed by atoms with Crippen LogP contribution >= 0.6 is 0 Å². The first-order valence-electron chi connectivity index (χ1n) is 14.3. The molecule has 1 saturated carbocycles. The van der Waals surface area contributed by atoms with Crippen LogP contribution in [0.4, 0.5) is 10.5 Å². The second kappa shape index (κ2) is 10.9. The smallest absolute Gasteiger partial charge is 0.409 e. The molecule has 2 N–H and O–H groups in total. The maximum absolute atomic E-state index is 11.9. The van der Waals surface area contributed by atoms with E-state index in [1.54, 1.807) is 11.0 Å². The van der Waals surface area contributed by atoms with Crippen LogP contribution in [0.2, 0.25) is 0 Å². The predicted octanol–water partition coefficient (Wildman–Crippen LogP) is 5.30. The van der Waals surface area contributed by atoms with Gasteiger partial charge in [0.2, 0.25) is 0 Å². The van der Waals surface area contributed by atoms with Crippen molar-refractivity contribution in [2.24, 2.45) is 0 Å². The number of aromatic nitrogens is 1. The Hall–Kier alpha value is -3.52. The maximum Gasteiger partial charge on any atom is 0.409 e. The van der Waals surface area contributed by atoms with Crippen molar-refractivity contribution in [1.29, 1.82) is 0 Å². The van der Waals surface area contributed by atoms with Gasteiger partial charge >= 0.3 is 12.1 Å². The van der Waals surface area contributed by atoms with Gasteiger partial charge in [-0.3, -0.25) is 0 Å². The number of aromatic carboxylic acids is 1. The molecule has 1 aliphatic carbocycles. The molecule has 206 valence electrons. The fourth-order valence-electron chi connectivity index (χ4n) is 6.98. The fraction of sp³-hybridized carbons (Fsp3) is 0.484. The molecule has 3 aromatic rings. The Morgan fingerprint density at radius 1 is 1.03 bits per heavy atom. The van der Waals surface area contributed by atoms with Crippen molar-refractivity contribution >= 4 is 28.7 Å². The van der Waals surface area contributed by atoms with Gasteiger partial charge in [-0.2, -0.15) is 0 Å². The van der Waals surface area contributed by atoms with Crippen molar-refractivity contribution in [2.75, 3.05) is 44.7 Å². The van der Waals surface area contributed by atoms with E-state index in [4.69, 9.17) is 4.74 Å². The molecule has 39 heavy (non-hydrogen) atoms. The van der Waals surface area contributed by atoms with Gasteiger partial charge in [0.25, 0.3) is 0 Å². The van der Waals surface area contributed by atoms with E-state index in [0.717, 1.165) is 44.7 Å². The number of rotatable bonds is 6. The quantitative estimate of drug-likeness (QED) is 0.450. The van der Waals surface area contributed by atoms with Crippen molar-refractivity contribution < 1.29 is 19.4 Å². The van der Waals surface area contributed by atoms with E-state index in [1.807, 2.05) is 12.1 Å². The third-order valence-electron chi connectivity index (χ3n) is 8.89. The summed E-state index contributed by atoms with van der Waals surface area (Å²) in [6, 6.07) is 14.7. The number of carbonyl (C=O) groups excluding carboxylic acids is 1. The third kappa shape index (κ3) is 4.86. The van der Waals surface area contributed by atoms with Crippen LogP contribution in [-0.2, 0) is 11.3 Å². The van der Waals surface area contributed by atoms with Crippen molar-refractivity contribution in [3.63, 3.8) is 0 Å². The Bertz CT molecular complexity index is 1380. The molecule has 0 bridgehead atoms. The summed E-state index contributed by atoms with van der Waals surface area (Å²) in [5.41, 5.74) is 6.53. The number of nitrogens with one attached hydrogen (secondary N) is 1. The van der Waals surface area contributed by atoms with E-state index in [2.05, 4.69) is 39.0 Å². The molecule has 8 heteroatoms. The molecule has 8 nitrogen and oxygen atoms in total. The lowest BCUT2D eigenvalue weighted by Gasteiger charge is -2.27. The lowest BCUT2D eigenvalue weighted by molar-refractivity contribution is 0.0697. The van der Waals surface area contributed by atoms with Gasteiger partial charge in [0.05, 0.1) is 18.4 Å². The van der Waals surface area contributed by atoms with Crippen LogP contribution in [0.15, 0.2) is 42.5 Å². The fourth-order valence-corrected chi connectivity index (χ4v) is 6.98. The number of nitrogens with zero attached hydrogens (tertiary/aromatic N) is 3. The maximum atomic E-state index is 11.9. The molecule has 1 unspecified atom stereocenters. The molecule has 1 saturated heterocycles. The van der Waals surface area contributed by atoms with Gasteiger partial charge in [-0.15, -0.1) is 0 Å². The van der Waals surface area contributed by atoms with E-state index in [0.29, 0.717) is 18.0 Å². The summed E-state index contributed by atoms with van der Waals surface area (Å²) in [7, 11) is 1.43. The van der Waals surface area contributed by atoms with E-state index in [1.165, 1.54) is 67.1 Å². The average Bonchev–Trinajstić information content (AvgIpc) is 3.53. The Balaban J connectivity index is 1.32. The minimum absolute atomic E-state index is 0.255. The molecule has 2 fully saturated rings. The van der Waals surface area contributed by atoms with Crippen LogP contribution < -0.4 is 10.2 Å². The number of para-hydroxylation sites is 1. The number of benzene rings is 2. The van der Waals surface area contributed by atoms with Gasteiger partial charge in [0.15, 0.2) is 0 Å². The number of amides is 1. The van der Waals surface area contributed by atoms with Gasteiger partial charge in [0, 0.05) is 67.5 Å². The number of ether oxygens (including phenoxy) is 1. The van der Waals surface area contributed by atoms with Crippen LogP contribution in [0.1, 0.15) is 60.4 Å². The molecule has 3 aliphatic rings. The summed E-state index contributed by atoms with van der Waals surface area (Å²) in [6.07, 6.45) is 6.84. The number of carboxylic acid groups (broad SMARTS) is 1. The van der Waals surface area contributed by atoms with E-state index in [-0.39, 0.29) is 12.1 Å². The van der Waals surface area contributed by atoms with Gasteiger partial charge in [-0.1, -0.05) is 43.5 Å². The second-order valence-corrected chi connectivity index (χ2v) is 11.1. The highest BCUT2D eigenvalue weighted by atomic mass is 16.5. The van der Waals surface area contributed by atoms with Crippen LogP contribution in [0.3, 0.4) is 0 Å². The molecule has 2 aromatic carbocycles. The SMILES string of the molecule is COC(=O)N1CCC(NCCN2CCn3c(c(C4CCCCC4)c4ccc(C(=O)O)cc43)-c3ccccc32)C1. The average molecular weight is 531 g/mol. The van der Waals surface area contributed by atoms with E-state index < -0.39 is 5.97 Å². The zero-order valence-electron chi connectivity index (χ0n) is 22.7. The largest absolute Gasteiger partial charge is 0.478 e. The second-order valence-electron chi connectivity index (χ2n) is 11.1. The highest BCUT2D eigenvalue weighted by molar-refractivity contribution is 5.99. The molecule has 0 spiro atoms. The summed E-state index contributed by atoms with van der Waals surface area (Å²) >= 11 is 0. The van der Waals surface area contributed by atoms with Crippen molar-refractivity contribution in [2.45, 2.75) is 57.0 Å². The first kappa shape index (κ1) is 25.7. The highest BCUT2D eigenvalue weighted by Gasteiger charge is 2.31. The zero-order chi connectivity index (χ0) is 26.9. The Morgan fingerprint density at radius 3 is 2.64 bits per heavy atom. The first-order valence-corrected chi connectivity index (χ1v) is 14.3. The summed E-state index contributed by atoms with van der Waals surface area (Å²) < 4.78 is 7.27. The Labute approximate surface area is 229 Å². The minimum Gasteiger partial charge on any atom is -0.478 e. The summed E-state index contributed by atoms with van der Waals surface area (Å²) in [5.74, 6) is -0.388. The van der Waals surface area contributed by atoms with Crippen LogP contribution in [0, 0.1) is 0 Å². The lowest BCUT2D eigenvalue weighted by atomic mass is 9.81. The molecule has 3 heterocycles. The normalized spacial score (nSPS) is 19.6. The molecule has 6 rings (SSSR count). The van der Waals surface area contributed by atoms with Crippen molar-refractivity contribution in [3.8, 4) is 11.3 Å². The third-order valence-corrected chi connectivity index (χ3v) is 8.89. The van der Waals surface area contributed by atoms with E-state index >= 15 is 0 Å². The van der Waals surface area contributed by atoms with Crippen molar-refractivity contribution in [1.82, 2.24) is 14.8 Å². The van der Waals surface area contributed by atoms with Gasteiger partial charge in [-0.05, 0) is 48.9 Å². The highest BCUT2D eigenvalue weighted by Crippen LogP contribution is 2.47. The standard InChI is InChI=1S/C31H38N4O4/c1-39-31(38)34-15-13-23(20-34)32-14-16-33-17-18-35-27-19-22(30(36)37)11-12-24(27)28(21-7-3-2-4-8-21)29(35)25-9-5-6-10-26(25)33/h5-6,9-12,19,21,23,32H,2-4,7-8,13-18,20H2,1H3,(H,36,37). The van der Waals surface area contributed by atoms with Gasteiger partial charge in [-0.25, -0.2) is 9.59 Å². The van der Waals surface area contributed by atoms with Gasteiger partial charge < -0.3 is 29.5 Å². The lowest BCUT2D eigenvalue weighted by Crippen LogP contribution is -2.40. The number of likely N-dealkylation sites (tertiary alicyclic amines) is 1. The molecular formula is C31H38N4O4. The molecule has 1 aromatic heterocycles. The Morgan fingerprint density at radius 2 is 1.85 bits per heavy atom. The summed E-state index contributed by atoms with van der Waals surface area (Å²) in [6.45, 7) is 4.72. The molecule has 2 aliphatic heterocycles. The minimum atomic E-state index is -0.883. The predicted molar refractivity (Wildman–Crippen MR) is 153 cm³/mol. The summed E-state index contributed by atoms with van der Waals surface area (Å²) in [5, 5.41) is 14.6. The topological polar surface area (TPSA) is 87.0 Å². The molecule has 0 radical (unpaired) electrons. The number of methoxy groups -OCH3 is 1. The van der Waals surface area contributed by atoms with Crippen LogP contribution in [-0.4, -0.2) is 72.5 Å². The van der Waals surface area contributed by atoms with Crippen LogP contribution in [0.25, 0.3) is 22.2 Å². The summed E-state index contributed by atoms with van der Waals surface area (Å²) in [4.78, 5) is 28.0. The molecule has 1 amide bonds. The van der Waals surface area contributed by atoms with Crippen molar-refractivity contribution in [3.05, 3.63) is 53.6 Å². The first-order chi connectivity index (χ1) is 19.0. The zero-order valence-corrected chi connectivity index (χ0v) is 22.7. The number of fused-ring (bicyclic) bond motifs is 5. The van der Waals surface area contributed by atoms with Gasteiger partial charge in [0.1, 0.15) is 0 Å². The Kier molecular flexibility index (Phi) is 7.21. The number of carbonyl (C=O) groups is 2.